The highest BCUT2D eigenvalue weighted by Gasteiger charge is 2.03. The average Bonchev–Trinajstić information content (AvgIpc) is 2.72. The zero-order valence-electron chi connectivity index (χ0n) is 8.23. The number of hydroxylamine groups is 2. The lowest BCUT2D eigenvalue weighted by molar-refractivity contribution is -0.112. The lowest BCUT2D eigenvalue weighted by Gasteiger charge is -2.14. The summed E-state index contributed by atoms with van der Waals surface area (Å²) in [5, 5.41) is 1.91. The molecule has 0 aromatic heterocycles. The Hall–Kier alpha value is -1.28. The van der Waals surface area contributed by atoms with Crippen molar-refractivity contribution in [3.8, 4) is 0 Å². The Morgan fingerprint density at radius 1 is 1.21 bits per heavy atom. The van der Waals surface area contributed by atoms with Gasteiger partial charge in [0.25, 0.3) is 0 Å². The highest BCUT2D eigenvalue weighted by atomic mass is 16.7. The van der Waals surface area contributed by atoms with E-state index < -0.39 is 0 Å². The molecule has 0 fully saturated rings. The van der Waals surface area contributed by atoms with Crippen LogP contribution in [-0.4, -0.2) is 18.2 Å². The van der Waals surface area contributed by atoms with E-state index in [1.165, 1.54) is 5.56 Å². The molecular formula is C12H15NO. The van der Waals surface area contributed by atoms with E-state index in [0.29, 0.717) is 0 Å². The van der Waals surface area contributed by atoms with Crippen LogP contribution in [0.5, 0.6) is 0 Å². The molecule has 0 amide bonds. The van der Waals surface area contributed by atoms with Crippen LogP contribution in [0.2, 0.25) is 0 Å². The minimum atomic E-state index is 0.758. The molecule has 2 heteroatoms. The molecule has 14 heavy (non-hydrogen) atoms. The van der Waals surface area contributed by atoms with Crippen LogP contribution in [0, 0.1) is 0 Å². The summed E-state index contributed by atoms with van der Waals surface area (Å²) in [6.07, 6.45) is 6.21. The first kappa shape index (κ1) is 9.28. The lowest BCUT2D eigenvalue weighted by Crippen LogP contribution is -2.16. The van der Waals surface area contributed by atoms with Gasteiger partial charge in [0.1, 0.15) is 0 Å². The molecule has 0 spiro atoms. The summed E-state index contributed by atoms with van der Waals surface area (Å²) >= 11 is 0. The van der Waals surface area contributed by atoms with Gasteiger partial charge in [-0.2, -0.15) is 0 Å². The second-order valence-electron chi connectivity index (χ2n) is 3.38. The molecule has 0 N–H and O–H groups in total. The fraction of sp³-hybridized carbons (Fsp3) is 0.333. The Morgan fingerprint density at radius 2 is 2.07 bits per heavy atom. The van der Waals surface area contributed by atoms with Gasteiger partial charge < -0.3 is 0 Å². The van der Waals surface area contributed by atoms with Crippen LogP contribution < -0.4 is 0 Å². The average molecular weight is 189 g/mol. The molecule has 0 saturated carbocycles. The van der Waals surface area contributed by atoms with Gasteiger partial charge in [0.15, 0.2) is 0 Å². The number of rotatable bonds is 4. The first-order valence-corrected chi connectivity index (χ1v) is 5.05. The summed E-state index contributed by atoms with van der Waals surface area (Å²) in [6, 6.07) is 10.4. The van der Waals surface area contributed by atoms with Crippen molar-refractivity contribution in [1.82, 2.24) is 5.06 Å². The van der Waals surface area contributed by atoms with Gasteiger partial charge in [0.05, 0.1) is 6.61 Å². The Balaban J connectivity index is 1.70. The minimum Gasteiger partial charge on any atom is -0.274 e. The third-order valence-corrected chi connectivity index (χ3v) is 2.28. The molecule has 0 radical (unpaired) electrons. The van der Waals surface area contributed by atoms with Crippen molar-refractivity contribution in [3.63, 3.8) is 0 Å². The molecule has 1 aliphatic heterocycles. The molecule has 0 unspecified atom stereocenters. The first-order valence-electron chi connectivity index (χ1n) is 5.05. The van der Waals surface area contributed by atoms with E-state index >= 15 is 0 Å². The molecule has 0 aliphatic carbocycles. The number of nitrogens with zero attached hydrogens (tertiary/aromatic N) is 1. The highest BCUT2D eigenvalue weighted by Crippen LogP contribution is 2.06. The van der Waals surface area contributed by atoms with Gasteiger partial charge in [-0.25, -0.2) is 0 Å². The largest absolute Gasteiger partial charge is 0.274 e. The molecular weight excluding hydrogens is 174 g/mol. The molecule has 2 rings (SSSR count). The molecule has 2 nitrogen and oxygen atoms in total. The Kier molecular flexibility index (Phi) is 3.19. The van der Waals surface area contributed by atoms with E-state index in [0.717, 1.165) is 26.0 Å². The quantitative estimate of drug-likeness (QED) is 0.721. The van der Waals surface area contributed by atoms with Crippen molar-refractivity contribution in [2.24, 2.45) is 0 Å². The van der Waals surface area contributed by atoms with Gasteiger partial charge in [0, 0.05) is 12.7 Å². The summed E-state index contributed by atoms with van der Waals surface area (Å²) in [5.41, 5.74) is 1.33. The van der Waals surface area contributed by atoms with Gasteiger partial charge in [-0.1, -0.05) is 36.4 Å². The summed E-state index contributed by atoms with van der Waals surface area (Å²) in [4.78, 5) is 5.55. The molecule has 1 heterocycles. The second kappa shape index (κ2) is 4.82. The molecule has 0 atom stereocenters. The monoisotopic (exact) mass is 189 g/mol. The van der Waals surface area contributed by atoms with Crippen molar-refractivity contribution in [3.05, 3.63) is 48.2 Å². The van der Waals surface area contributed by atoms with E-state index in [9.17, 15) is 0 Å². The third-order valence-electron chi connectivity index (χ3n) is 2.28. The predicted molar refractivity (Wildman–Crippen MR) is 56.6 cm³/mol. The van der Waals surface area contributed by atoms with Crippen LogP contribution in [0.1, 0.15) is 12.0 Å². The lowest BCUT2D eigenvalue weighted by atomic mass is 10.2. The Labute approximate surface area is 84.8 Å². The smallest absolute Gasteiger partial charge is 0.0788 e. The molecule has 1 aromatic rings. The maximum Gasteiger partial charge on any atom is 0.0788 e. The maximum atomic E-state index is 5.55. The maximum absolute atomic E-state index is 5.55. The second-order valence-corrected chi connectivity index (χ2v) is 3.38. The predicted octanol–water partition coefficient (Wildman–Crippen LogP) is 2.38. The first-order chi connectivity index (χ1) is 6.95. The number of hydrogen-bond donors (Lipinski definition) is 0. The summed E-state index contributed by atoms with van der Waals surface area (Å²) in [5.74, 6) is 0. The Bertz CT molecular complexity index is 294. The standard InChI is InChI=1S/C12H15NO/c1-2-6-12(7-3-1)8-11-14-13-9-4-5-10-13/h1-4,6-7,9H,5,8,10-11H2. The van der Waals surface area contributed by atoms with Crippen LogP contribution >= 0.6 is 0 Å². The minimum absolute atomic E-state index is 0.758. The zero-order chi connectivity index (χ0) is 9.64. The summed E-state index contributed by atoms with van der Waals surface area (Å²) in [7, 11) is 0. The van der Waals surface area contributed by atoms with E-state index in [2.05, 4.69) is 30.3 Å². The van der Waals surface area contributed by atoms with Crippen molar-refractivity contribution >= 4 is 0 Å². The molecule has 1 aromatic carbocycles. The van der Waals surface area contributed by atoms with Crippen molar-refractivity contribution in [2.75, 3.05) is 13.2 Å². The van der Waals surface area contributed by atoms with Gasteiger partial charge in [-0.15, -0.1) is 0 Å². The Morgan fingerprint density at radius 3 is 2.79 bits per heavy atom. The topological polar surface area (TPSA) is 12.5 Å². The summed E-state index contributed by atoms with van der Waals surface area (Å²) < 4.78 is 0. The van der Waals surface area contributed by atoms with Crippen LogP contribution in [0.15, 0.2) is 42.6 Å². The summed E-state index contributed by atoms with van der Waals surface area (Å²) in [6.45, 7) is 1.75. The van der Waals surface area contributed by atoms with Crippen molar-refractivity contribution in [2.45, 2.75) is 12.8 Å². The number of benzene rings is 1. The van der Waals surface area contributed by atoms with Gasteiger partial charge >= 0.3 is 0 Å². The number of hydrogen-bond acceptors (Lipinski definition) is 2. The van der Waals surface area contributed by atoms with Gasteiger partial charge in [-0.05, 0) is 18.4 Å². The van der Waals surface area contributed by atoms with Crippen molar-refractivity contribution in [1.29, 1.82) is 0 Å². The van der Waals surface area contributed by atoms with Crippen LogP contribution in [0.25, 0.3) is 0 Å². The molecule has 0 bridgehead atoms. The van der Waals surface area contributed by atoms with Crippen molar-refractivity contribution < 1.29 is 4.84 Å². The molecule has 1 aliphatic rings. The SMILES string of the molecule is C1=CN(OCCc2ccccc2)CC1. The third kappa shape index (κ3) is 2.60. The van der Waals surface area contributed by atoms with Gasteiger partial charge in [-0.3, -0.25) is 9.90 Å². The fourth-order valence-corrected chi connectivity index (χ4v) is 1.50. The van der Waals surface area contributed by atoms with Crippen LogP contribution in [0.3, 0.4) is 0 Å². The molecule has 0 saturated heterocycles. The normalized spacial score (nSPS) is 15.0. The molecule has 74 valence electrons. The van der Waals surface area contributed by atoms with Crippen LogP contribution in [0.4, 0.5) is 0 Å². The highest BCUT2D eigenvalue weighted by molar-refractivity contribution is 5.14. The van der Waals surface area contributed by atoms with Crippen LogP contribution in [-0.2, 0) is 11.3 Å². The van der Waals surface area contributed by atoms with E-state index in [1.54, 1.807) is 0 Å². The van der Waals surface area contributed by atoms with Gasteiger partial charge in [0.2, 0.25) is 0 Å². The fourth-order valence-electron chi connectivity index (χ4n) is 1.50. The van der Waals surface area contributed by atoms with E-state index in [1.807, 2.05) is 17.3 Å². The van der Waals surface area contributed by atoms with E-state index in [4.69, 9.17) is 4.84 Å². The zero-order valence-corrected chi connectivity index (χ0v) is 8.23. The van der Waals surface area contributed by atoms with E-state index in [-0.39, 0.29) is 0 Å².